The first kappa shape index (κ1) is 22.3. The van der Waals surface area contributed by atoms with E-state index in [4.69, 9.17) is 4.74 Å². The van der Waals surface area contributed by atoms with Crippen LogP contribution in [0.25, 0.3) is 0 Å². The third-order valence-corrected chi connectivity index (χ3v) is 9.05. The Balaban J connectivity index is 1.76. The molecule has 0 aromatic heterocycles. The Labute approximate surface area is 181 Å². The van der Waals surface area contributed by atoms with Crippen LogP contribution in [0.3, 0.4) is 0 Å². The minimum Gasteiger partial charge on any atom is -0.458 e. The van der Waals surface area contributed by atoms with Gasteiger partial charge >= 0.3 is 5.97 Å². The zero-order valence-electron chi connectivity index (χ0n) is 18.5. The van der Waals surface area contributed by atoms with Crippen molar-refractivity contribution >= 4 is 17.5 Å². The van der Waals surface area contributed by atoms with E-state index in [0.29, 0.717) is 24.8 Å². The molecule has 7 heteroatoms. The van der Waals surface area contributed by atoms with Crippen molar-refractivity contribution in [3.8, 4) is 0 Å². The number of ether oxygens (including phenoxy) is 1. The van der Waals surface area contributed by atoms with Crippen molar-refractivity contribution in [1.29, 1.82) is 0 Å². The van der Waals surface area contributed by atoms with E-state index in [9.17, 15) is 24.6 Å². The van der Waals surface area contributed by atoms with Crippen molar-refractivity contribution in [2.24, 2.45) is 28.6 Å². The summed E-state index contributed by atoms with van der Waals surface area (Å²) in [5, 5.41) is 22.9. The molecule has 4 aliphatic rings. The van der Waals surface area contributed by atoms with Gasteiger partial charge in [-0.25, -0.2) is 4.39 Å². The van der Waals surface area contributed by atoms with Crippen molar-refractivity contribution in [1.82, 2.24) is 0 Å². The van der Waals surface area contributed by atoms with Crippen LogP contribution in [0.1, 0.15) is 53.4 Å². The lowest BCUT2D eigenvalue weighted by Gasteiger charge is -2.62. The standard InChI is InChI=1S/C24H31FO6/c1-13-9-18-17-6-5-15-10-16(27)7-8-21(15,3)23(17,25)19(28)11-22(18,4)24(13,30)20(29)12-31-14(2)26/h7-8,10,13,17-19,28,30H,5-6,9,11-12H2,1-4H3/t13-,17-,18-,19-,21+,22+,23+,24+/m0/s1. The molecular weight excluding hydrogens is 403 g/mol. The number of ketones is 2. The van der Waals surface area contributed by atoms with E-state index < -0.39 is 58.4 Å². The number of Topliss-reactive ketones (excluding diaryl/α,β-unsaturated/α-hetero) is 1. The normalized spacial score (nSPS) is 48.4. The average Bonchev–Trinajstić information content (AvgIpc) is 2.89. The van der Waals surface area contributed by atoms with Gasteiger partial charge in [0.05, 0.1) is 6.10 Å². The molecule has 0 amide bonds. The topological polar surface area (TPSA) is 101 Å². The zero-order valence-corrected chi connectivity index (χ0v) is 18.5. The first-order valence-corrected chi connectivity index (χ1v) is 11.0. The van der Waals surface area contributed by atoms with E-state index in [1.165, 1.54) is 19.1 Å². The number of esters is 1. The highest BCUT2D eigenvalue weighted by atomic mass is 19.1. The lowest BCUT2D eigenvalue weighted by Crippen LogP contribution is -2.69. The van der Waals surface area contributed by atoms with Crippen molar-refractivity contribution in [2.45, 2.75) is 70.8 Å². The number of allylic oxidation sites excluding steroid dienone is 4. The van der Waals surface area contributed by atoms with Crippen molar-refractivity contribution in [3.63, 3.8) is 0 Å². The highest BCUT2D eigenvalue weighted by Gasteiger charge is 2.75. The maximum absolute atomic E-state index is 17.0. The van der Waals surface area contributed by atoms with Gasteiger partial charge in [0.25, 0.3) is 0 Å². The predicted molar refractivity (Wildman–Crippen MR) is 109 cm³/mol. The summed E-state index contributed by atoms with van der Waals surface area (Å²) in [5.41, 5.74) is -5.33. The number of alkyl halides is 1. The summed E-state index contributed by atoms with van der Waals surface area (Å²) in [4.78, 5) is 36.2. The monoisotopic (exact) mass is 434 g/mol. The van der Waals surface area contributed by atoms with Crippen molar-refractivity contribution in [3.05, 3.63) is 23.8 Å². The lowest BCUT2D eigenvalue weighted by atomic mass is 9.44. The van der Waals surface area contributed by atoms with E-state index >= 15 is 4.39 Å². The van der Waals surface area contributed by atoms with Crippen molar-refractivity contribution in [2.75, 3.05) is 6.61 Å². The number of carbonyl (C=O) groups is 3. The maximum Gasteiger partial charge on any atom is 0.303 e. The van der Waals surface area contributed by atoms with Crippen LogP contribution in [0.4, 0.5) is 4.39 Å². The first-order valence-electron chi connectivity index (χ1n) is 11.0. The van der Waals surface area contributed by atoms with Crippen LogP contribution in [-0.4, -0.2) is 51.7 Å². The third-order valence-electron chi connectivity index (χ3n) is 9.05. The van der Waals surface area contributed by atoms with Crippen LogP contribution in [0, 0.1) is 28.6 Å². The molecular formula is C24H31FO6. The molecule has 3 fully saturated rings. The van der Waals surface area contributed by atoms with Gasteiger partial charge < -0.3 is 14.9 Å². The van der Waals surface area contributed by atoms with Crippen molar-refractivity contribution < 1.29 is 33.7 Å². The van der Waals surface area contributed by atoms with Gasteiger partial charge in [0, 0.05) is 23.7 Å². The van der Waals surface area contributed by atoms with Gasteiger partial charge in [-0.15, -0.1) is 0 Å². The van der Waals surface area contributed by atoms with Gasteiger partial charge in [-0.2, -0.15) is 0 Å². The number of aliphatic hydroxyl groups is 2. The van der Waals surface area contributed by atoms with E-state index in [2.05, 4.69) is 0 Å². The van der Waals surface area contributed by atoms with Crippen LogP contribution in [0.15, 0.2) is 23.8 Å². The van der Waals surface area contributed by atoms with Crippen LogP contribution in [-0.2, 0) is 19.1 Å². The van der Waals surface area contributed by atoms with Gasteiger partial charge in [-0.3, -0.25) is 14.4 Å². The summed E-state index contributed by atoms with van der Waals surface area (Å²) in [7, 11) is 0. The first-order chi connectivity index (χ1) is 14.3. The Morgan fingerprint density at radius 3 is 2.61 bits per heavy atom. The highest BCUT2D eigenvalue weighted by Crippen LogP contribution is 2.70. The second-order valence-electron chi connectivity index (χ2n) is 10.4. The smallest absolute Gasteiger partial charge is 0.303 e. The van der Waals surface area contributed by atoms with Gasteiger partial charge in [0.1, 0.15) is 5.60 Å². The molecule has 2 N–H and O–H groups in total. The molecule has 3 saturated carbocycles. The fourth-order valence-electron chi connectivity index (χ4n) is 7.42. The summed E-state index contributed by atoms with van der Waals surface area (Å²) in [6.07, 6.45) is 4.29. The number of rotatable bonds is 3. The van der Waals surface area contributed by atoms with Crippen LogP contribution in [0.5, 0.6) is 0 Å². The molecule has 0 unspecified atom stereocenters. The molecule has 0 aliphatic heterocycles. The van der Waals surface area contributed by atoms with Gasteiger partial charge in [-0.05, 0) is 56.6 Å². The van der Waals surface area contributed by atoms with E-state index in [-0.39, 0.29) is 18.1 Å². The molecule has 0 saturated heterocycles. The highest BCUT2D eigenvalue weighted by molar-refractivity contribution is 6.01. The number of hydrogen-bond donors (Lipinski definition) is 2. The largest absolute Gasteiger partial charge is 0.458 e. The number of aliphatic hydroxyl groups excluding tert-OH is 1. The van der Waals surface area contributed by atoms with Gasteiger partial charge in [-0.1, -0.05) is 25.5 Å². The van der Waals surface area contributed by atoms with Gasteiger partial charge in [0.2, 0.25) is 5.78 Å². The predicted octanol–water partition coefficient (Wildman–Crippen LogP) is 2.47. The molecule has 0 aromatic rings. The Bertz CT molecular complexity index is 910. The fourth-order valence-corrected chi connectivity index (χ4v) is 7.42. The number of fused-ring (bicyclic) bond motifs is 5. The summed E-state index contributed by atoms with van der Waals surface area (Å²) < 4.78 is 21.9. The molecule has 0 heterocycles. The SMILES string of the molecule is CC(=O)OCC(=O)[C@]1(O)[C@@H](C)C[C@H]2[C@@H]3CCC4=CC(=O)C=C[C@@]4(C)[C@]3(F)[C@@H](O)C[C@]21C. The maximum atomic E-state index is 17.0. The molecule has 170 valence electrons. The molecule has 0 bridgehead atoms. The Hall–Kier alpha value is -1.86. The number of halogens is 1. The average molecular weight is 435 g/mol. The number of carbonyl (C=O) groups excluding carboxylic acids is 3. The fraction of sp³-hybridized carbons (Fsp3) is 0.708. The van der Waals surface area contributed by atoms with E-state index in [0.717, 1.165) is 0 Å². The molecule has 4 aliphatic carbocycles. The quantitative estimate of drug-likeness (QED) is 0.662. The Kier molecular flexibility index (Phi) is 4.91. The van der Waals surface area contributed by atoms with Crippen LogP contribution in [0.2, 0.25) is 0 Å². The van der Waals surface area contributed by atoms with Gasteiger partial charge in [0.15, 0.2) is 18.1 Å². The molecule has 0 radical (unpaired) electrons. The Morgan fingerprint density at radius 1 is 1.29 bits per heavy atom. The molecule has 31 heavy (non-hydrogen) atoms. The third kappa shape index (κ3) is 2.65. The minimum absolute atomic E-state index is 0.0953. The minimum atomic E-state index is -2.01. The molecule has 0 aromatic carbocycles. The Morgan fingerprint density at radius 2 is 1.97 bits per heavy atom. The van der Waals surface area contributed by atoms with Crippen LogP contribution < -0.4 is 0 Å². The molecule has 0 spiro atoms. The molecule has 4 rings (SSSR count). The second-order valence-corrected chi connectivity index (χ2v) is 10.4. The van der Waals surface area contributed by atoms with Crippen LogP contribution >= 0.6 is 0 Å². The summed E-state index contributed by atoms with van der Waals surface area (Å²) in [6, 6.07) is 0. The number of hydrogen-bond acceptors (Lipinski definition) is 6. The summed E-state index contributed by atoms with van der Waals surface area (Å²) >= 11 is 0. The summed E-state index contributed by atoms with van der Waals surface area (Å²) in [5.74, 6) is -2.80. The summed E-state index contributed by atoms with van der Waals surface area (Å²) in [6.45, 7) is 5.89. The van der Waals surface area contributed by atoms with E-state index in [1.54, 1.807) is 26.8 Å². The zero-order chi connectivity index (χ0) is 23.0. The molecule has 8 atom stereocenters. The second kappa shape index (κ2) is 6.82. The lowest BCUT2D eigenvalue weighted by molar-refractivity contribution is -0.219. The van der Waals surface area contributed by atoms with E-state index in [1.807, 2.05) is 0 Å². The molecule has 6 nitrogen and oxygen atoms in total.